The minimum Gasteiger partial charge on any atom is -0.265 e. The number of aromatic nitrogens is 4. The summed E-state index contributed by atoms with van der Waals surface area (Å²) in [5.41, 5.74) is 6.63. The molecule has 6 aromatic rings. The molecule has 0 saturated heterocycles. The van der Waals surface area contributed by atoms with E-state index in [1.54, 1.807) is 73.8 Å². The van der Waals surface area contributed by atoms with E-state index in [1.165, 1.54) is 0 Å². The second-order valence-corrected chi connectivity index (χ2v) is 10.9. The molecular weight excluding hydrogens is 504 g/mol. The first-order valence-corrected chi connectivity index (χ1v) is 13.7. The number of hydrogen-bond donors (Lipinski definition) is 0. The molecule has 6 rings (SSSR count). The van der Waals surface area contributed by atoms with Gasteiger partial charge in [-0.1, -0.05) is 0 Å². The van der Waals surface area contributed by atoms with Crippen molar-refractivity contribution >= 4 is 9.84 Å². The molecule has 0 fully saturated rings. The fourth-order valence-electron chi connectivity index (χ4n) is 4.49. The zero-order valence-electron chi connectivity index (χ0n) is 20.7. The molecular formula is C32H22N4O2S. The maximum Gasteiger partial charge on any atom is 0.206 e. The molecule has 0 N–H and O–H groups in total. The summed E-state index contributed by atoms with van der Waals surface area (Å²) in [5.74, 6) is 0. The number of nitrogens with zero attached hydrogens (tertiary/aromatic N) is 4. The predicted molar refractivity (Wildman–Crippen MR) is 151 cm³/mol. The Labute approximate surface area is 226 Å². The molecule has 0 atom stereocenters. The van der Waals surface area contributed by atoms with Crippen LogP contribution in [0.3, 0.4) is 0 Å². The molecule has 39 heavy (non-hydrogen) atoms. The lowest BCUT2D eigenvalue weighted by Crippen LogP contribution is -2.04. The maximum atomic E-state index is 14.3. The van der Waals surface area contributed by atoms with Crippen LogP contribution in [0.1, 0.15) is 0 Å². The Morgan fingerprint density at radius 1 is 0.333 bits per heavy atom. The zero-order valence-corrected chi connectivity index (χ0v) is 21.5. The largest absolute Gasteiger partial charge is 0.265 e. The summed E-state index contributed by atoms with van der Waals surface area (Å²) in [7, 11) is -3.92. The number of benzene rings is 2. The van der Waals surface area contributed by atoms with Crippen molar-refractivity contribution in [2.24, 2.45) is 0 Å². The molecule has 0 bridgehead atoms. The van der Waals surface area contributed by atoms with E-state index in [4.69, 9.17) is 0 Å². The summed E-state index contributed by atoms with van der Waals surface area (Å²) in [4.78, 5) is 16.9. The fraction of sp³-hybridized carbons (Fsp3) is 0. The third kappa shape index (κ3) is 5.08. The highest BCUT2D eigenvalue weighted by Gasteiger charge is 2.22. The highest BCUT2D eigenvalue weighted by Crippen LogP contribution is 2.35. The van der Waals surface area contributed by atoms with Crippen LogP contribution in [-0.2, 0) is 9.84 Å². The topological polar surface area (TPSA) is 85.7 Å². The molecule has 2 aromatic carbocycles. The van der Waals surface area contributed by atoms with Crippen molar-refractivity contribution in [1.29, 1.82) is 0 Å². The number of hydrogen-bond acceptors (Lipinski definition) is 6. The van der Waals surface area contributed by atoms with Crippen molar-refractivity contribution in [2.45, 2.75) is 9.79 Å². The van der Waals surface area contributed by atoms with Crippen molar-refractivity contribution in [1.82, 2.24) is 19.9 Å². The van der Waals surface area contributed by atoms with Crippen LogP contribution in [0.15, 0.2) is 144 Å². The summed E-state index contributed by atoms with van der Waals surface area (Å²) < 4.78 is 28.6. The van der Waals surface area contributed by atoms with E-state index >= 15 is 0 Å². The van der Waals surface area contributed by atoms with E-state index in [-0.39, 0.29) is 9.79 Å². The molecule has 4 heterocycles. The van der Waals surface area contributed by atoms with Crippen molar-refractivity contribution in [3.05, 3.63) is 135 Å². The smallest absolute Gasteiger partial charge is 0.206 e. The SMILES string of the molecule is O=S(=O)(c1cc(-c2ccncc2)cc(-c2ccncc2)c1)c1cc(-c2ccncc2)cc(-c2ccncc2)c1. The van der Waals surface area contributed by atoms with Gasteiger partial charge in [0.1, 0.15) is 0 Å². The summed E-state index contributed by atoms with van der Waals surface area (Å²) in [6, 6.07) is 25.8. The standard InChI is InChI=1S/C32H22N4O2S/c37-39(38,31-19-27(23-1-9-33-10-2-23)17-28(20-31)24-3-11-34-12-4-24)32-21-29(25-5-13-35-14-6-25)18-30(22-32)26-7-15-36-16-8-26/h1-22H. The van der Waals surface area contributed by atoms with E-state index in [0.717, 1.165) is 44.5 Å². The molecule has 0 aliphatic heterocycles. The van der Waals surface area contributed by atoms with Gasteiger partial charge in [0.05, 0.1) is 9.79 Å². The predicted octanol–water partition coefficient (Wildman–Crippen LogP) is 6.77. The van der Waals surface area contributed by atoms with Crippen molar-refractivity contribution in [2.75, 3.05) is 0 Å². The monoisotopic (exact) mass is 526 g/mol. The Kier molecular flexibility index (Phi) is 6.49. The van der Waals surface area contributed by atoms with Crippen LogP contribution in [0.25, 0.3) is 44.5 Å². The summed E-state index contributed by atoms with van der Waals surface area (Å²) >= 11 is 0. The van der Waals surface area contributed by atoms with Gasteiger partial charge in [-0.15, -0.1) is 0 Å². The van der Waals surface area contributed by atoms with Crippen LogP contribution >= 0.6 is 0 Å². The quantitative estimate of drug-likeness (QED) is 0.238. The van der Waals surface area contributed by atoms with Crippen molar-refractivity contribution < 1.29 is 8.42 Å². The average Bonchev–Trinajstić information content (AvgIpc) is 3.02. The molecule has 188 valence electrons. The average molecular weight is 527 g/mol. The first-order chi connectivity index (χ1) is 19.1. The van der Waals surface area contributed by atoms with Gasteiger partial charge in [-0.05, 0) is 129 Å². The van der Waals surface area contributed by atoms with Crippen LogP contribution in [0.5, 0.6) is 0 Å². The lowest BCUT2D eigenvalue weighted by molar-refractivity contribution is 0.596. The molecule has 4 aromatic heterocycles. The molecule has 0 spiro atoms. The van der Waals surface area contributed by atoms with Gasteiger partial charge in [-0.25, -0.2) is 8.42 Å². The van der Waals surface area contributed by atoms with Gasteiger partial charge in [0.15, 0.2) is 0 Å². The molecule has 0 aliphatic carbocycles. The molecule has 0 aliphatic rings. The molecule has 0 amide bonds. The summed E-state index contributed by atoms with van der Waals surface area (Å²) in [5, 5.41) is 0. The van der Waals surface area contributed by atoms with Gasteiger partial charge in [0.2, 0.25) is 9.84 Å². The Morgan fingerprint density at radius 2 is 0.564 bits per heavy atom. The Morgan fingerprint density at radius 3 is 0.795 bits per heavy atom. The first-order valence-electron chi connectivity index (χ1n) is 12.2. The van der Waals surface area contributed by atoms with E-state index in [9.17, 15) is 8.42 Å². The molecule has 0 saturated carbocycles. The Bertz CT molecular complexity index is 1600. The van der Waals surface area contributed by atoms with E-state index < -0.39 is 9.84 Å². The molecule has 6 nitrogen and oxygen atoms in total. The van der Waals surface area contributed by atoms with Gasteiger partial charge in [0.25, 0.3) is 0 Å². The third-order valence-corrected chi connectivity index (χ3v) is 8.20. The van der Waals surface area contributed by atoms with Gasteiger partial charge in [-0.2, -0.15) is 0 Å². The minimum absolute atomic E-state index is 0.205. The van der Waals surface area contributed by atoms with Crippen LogP contribution in [0, 0.1) is 0 Å². The van der Waals surface area contributed by atoms with Gasteiger partial charge in [0, 0.05) is 49.6 Å². The van der Waals surface area contributed by atoms with Gasteiger partial charge in [-0.3, -0.25) is 19.9 Å². The second-order valence-electron chi connectivity index (χ2n) is 8.94. The van der Waals surface area contributed by atoms with Crippen LogP contribution < -0.4 is 0 Å². The van der Waals surface area contributed by atoms with Gasteiger partial charge < -0.3 is 0 Å². The summed E-state index contributed by atoms with van der Waals surface area (Å²) in [6.45, 7) is 0. The minimum atomic E-state index is -3.92. The summed E-state index contributed by atoms with van der Waals surface area (Å²) in [6.07, 6.45) is 13.6. The van der Waals surface area contributed by atoms with Crippen LogP contribution in [0.4, 0.5) is 0 Å². The third-order valence-electron chi connectivity index (χ3n) is 6.49. The van der Waals surface area contributed by atoms with E-state index in [2.05, 4.69) is 19.9 Å². The zero-order chi connectivity index (χ0) is 26.7. The van der Waals surface area contributed by atoms with E-state index in [1.807, 2.05) is 60.7 Å². The van der Waals surface area contributed by atoms with Crippen LogP contribution in [-0.4, -0.2) is 28.4 Å². The Hall–Kier alpha value is -5.01. The lowest BCUT2D eigenvalue weighted by atomic mass is 10.0. The normalized spacial score (nSPS) is 11.3. The molecule has 0 radical (unpaired) electrons. The first kappa shape index (κ1) is 24.3. The maximum absolute atomic E-state index is 14.3. The lowest BCUT2D eigenvalue weighted by Gasteiger charge is -2.14. The second kappa shape index (κ2) is 10.4. The highest BCUT2D eigenvalue weighted by atomic mass is 32.2. The molecule has 0 unspecified atom stereocenters. The van der Waals surface area contributed by atoms with Crippen molar-refractivity contribution in [3.63, 3.8) is 0 Å². The fourth-order valence-corrected chi connectivity index (χ4v) is 5.89. The van der Waals surface area contributed by atoms with Crippen molar-refractivity contribution in [3.8, 4) is 44.5 Å². The van der Waals surface area contributed by atoms with E-state index in [0.29, 0.717) is 0 Å². The van der Waals surface area contributed by atoms with Crippen LogP contribution in [0.2, 0.25) is 0 Å². The number of rotatable bonds is 6. The molecule has 7 heteroatoms. The highest BCUT2D eigenvalue weighted by molar-refractivity contribution is 7.91. The number of pyridine rings is 4. The van der Waals surface area contributed by atoms with Gasteiger partial charge >= 0.3 is 0 Å². The number of sulfone groups is 1. The Balaban J connectivity index is 1.57.